The highest BCUT2D eigenvalue weighted by atomic mass is 16.5. The number of nitrogen functional groups attached to an aromatic ring is 1. The lowest BCUT2D eigenvalue weighted by Gasteiger charge is -2.15. The number of nitrogens with two attached hydrogens (primary N) is 1. The Morgan fingerprint density at radius 3 is 2.57 bits per heavy atom. The first-order chi connectivity index (χ1) is 10.1. The van der Waals surface area contributed by atoms with Crippen LogP contribution in [0.25, 0.3) is 0 Å². The van der Waals surface area contributed by atoms with Crippen molar-refractivity contribution >= 4 is 11.6 Å². The van der Waals surface area contributed by atoms with Crippen LogP contribution in [0.1, 0.15) is 35.8 Å². The van der Waals surface area contributed by atoms with Crippen molar-refractivity contribution in [3.8, 4) is 5.75 Å². The van der Waals surface area contributed by atoms with Gasteiger partial charge in [-0.1, -0.05) is 18.2 Å². The van der Waals surface area contributed by atoms with Gasteiger partial charge in [0.25, 0.3) is 5.91 Å². The topological polar surface area (TPSA) is 64.3 Å². The fourth-order valence-electron chi connectivity index (χ4n) is 2.06. The standard InChI is InChI=1S/C17H20N2O2/c1-3-21-16-9-7-13(8-10-16)12(2)19-17(20)14-5-4-6-15(18)11-14/h4-12H,3,18H2,1-2H3,(H,19,20). The molecule has 0 aromatic heterocycles. The van der Waals surface area contributed by atoms with Gasteiger partial charge in [-0.25, -0.2) is 0 Å². The van der Waals surface area contributed by atoms with Crippen molar-refractivity contribution in [1.29, 1.82) is 0 Å². The fourth-order valence-corrected chi connectivity index (χ4v) is 2.06. The van der Waals surface area contributed by atoms with Crippen LogP contribution in [0.5, 0.6) is 5.75 Å². The summed E-state index contributed by atoms with van der Waals surface area (Å²) in [5.41, 5.74) is 7.86. The van der Waals surface area contributed by atoms with Gasteiger partial charge in [-0.3, -0.25) is 4.79 Å². The first-order valence-electron chi connectivity index (χ1n) is 6.99. The van der Waals surface area contributed by atoms with Gasteiger partial charge in [-0.2, -0.15) is 0 Å². The van der Waals surface area contributed by atoms with Crippen LogP contribution in [0.3, 0.4) is 0 Å². The van der Waals surface area contributed by atoms with E-state index in [0.717, 1.165) is 11.3 Å². The Balaban J connectivity index is 2.03. The highest BCUT2D eigenvalue weighted by Crippen LogP contribution is 2.18. The summed E-state index contributed by atoms with van der Waals surface area (Å²) in [4.78, 5) is 12.2. The largest absolute Gasteiger partial charge is 0.494 e. The molecule has 0 saturated heterocycles. The molecule has 0 heterocycles. The van der Waals surface area contributed by atoms with E-state index in [1.807, 2.05) is 38.1 Å². The number of amides is 1. The molecule has 4 heteroatoms. The normalized spacial score (nSPS) is 11.7. The Hall–Kier alpha value is -2.49. The second kappa shape index (κ2) is 6.79. The molecule has 110 valence electrons. The molecule has 0 aliphatic carbocycles. The summed E-state index contributed by atoms with van der Waals surface area (Å²) in [6.45, 7) is 4.53. The predicted molar refractivity (Wildman–Crippen MR) is 84.3 cm³/mol. The number of hydrogen-bond donors (Lipinski definition) is 2. The number of nitrogens with one attached hydrogen (secondary N) is 1. The second-order valence-corrected chi connectivity index (χ2v) is 4.82. The quantitative estimate of drug-likeness (QED) is 0.829. The number of rotatable bonds is 5. The average Bonchev–Trinajstić information content (AvgIpc) is 2.48. The number of carbonyl (C=O) groups excluding carboxylic acids is 1. The first kappa shape index (κ1) is 14.9. The SMILES string of the molecule is CCOc1ccc(C(C)NC(=O)c2cccc(N)c2)cc1. The lowest BCUT2D eigenvalue weighted by atomic mass is 10.1. The number of carbonyl (C=O) groups is 1. The third kappa shape index (κ3) is 3.99. The molecule has 1 amide bonds. The third-order valence-corrected chi connectivity index (χ3v) is 3.19. The summed E-state index contributed by atoms with van der Waals surface area (Å²) in [6.07, 6.45) is 0. The molecule has 0 saturated carbocycles. The minimum Gasteiger partial charge on any atom is -0.494 e. The molecule has 0 aliphatic rings. The summed E-state index contributed by atoms with van der Waals surface area (Å²) in [5.74, 6) is 0.694. The fraction of sp³-hybridized carbons (Fsp3) is 0.235. The predicted octanol–water partition coefficient (Wildman–Crippen LogP) is 3.16. The second-order valence-electron chi connectivity index (χ2n) is 4.82. The van der Waals surface area contributed by atoms with E-state index in [1.165, 1.54) is 0 Å². The molecule has 1 unspecified atom stereocenters. The van der Waals surface area contributed by atoms with Gasteiger partial charge in [-0.15, -0.1) is 0 Å². The van der Waals surface area contributed by atoms with E-state index in [4.69, 9.17) is 10.5 Å². The van der Waals surface area contributed by atoms with Crippen LogP contribution < -0.4 is 15.8 Å². The zero-order valence-corrected chi connectivity index (χ0v) is 12.3. The van der Waals surface area contributed by atoms with Crippen molar-refractivity contribution in [2.75, 3.05) is 12.3 Å². The third-order valence-electron chi connectivity index (χ3n) is 3.19. The Bertz CT molecular complexity index is 608. The van der Waals surface area contributed by atoms with Crippen LogP contribution in [-0.4, -0.2) is 12.5 Å². The Morgan fingerprint density at radius 1 is 1.24 bits per heavy atom. The monoisotopic (exact) mass is 284 g/mol. The molecule has 0 bridgehead atoms. The van der Waals surface area contributed by atoms with E-state index >= 15 is 0 Å². The van der Waals surface area contributed by atoms with Crippen molar-refractivity contribution < 1.29 is 9.53 Å². The van der Waals surface area contributed by atoms with Crippen molar-refractivity contribution in [3.05, 3.63) is 59.7 Å². The highest BCUT2D eigenvalue weighted by molar-refractivity contribution is 5.95. The first-order valence-corrected chi connectivity index (χ1v) is 6.99. The molecule has 0 radical (unpaired) electrons. The minimum absolute atomic E-state index is 0.0883. The number of benzene rings is 2. The van der Waals surface area contributed by atoms with Crippen molar-refractivity contribution in [2.45, 2.75) is 19.9 Å². The van der Waals surface area contributed by atoms with Crippen LogP contribution in [0, 0.1) is 0 Å². The smallest absolute Gasteiger partial charge is 0.251 e. The summed E-state index contributed by atoms with van der Waals surface area (Å²) < 4.78 is 5.40. The summed E-state index contributed by atoms with van der Waals surface area (Å²) in [5, 5.41) is 2.96. The minimum atomic E-state index is -0.135. The summed E-state index contributed by atoms with van der Waals surface area (Å²) in [6, 6.07) is 14.6. The number of anilines is 1. The van der Waals surface area contributed by atoms with Crippen LogP contribution >= 0.6 is 0 Å². The maximum atomic E-state index is 12.2. The Labute approximate surface area is 124 Å². The van der Waals surface area contributed by atoms with Gasteiger partial charge in [0, 0.05) is 11.3 Å². The van der Waals surface area contributed by atoms with Gasteiger partial charge >= 0.3 is 0 Å². The Kier molecular flexibility index (Phi) is 4.82. The molecular weight excluding hydrogens is 264 g/mol. The zero-order chi connectivity index (χ0) is 15.2. The maximum Gasteiger partial charge on any atom is 0.251 e. The van der Waals surface area contributed by atoms with Crippen LogP contribution in [0.2, 0.25) is 0 Å². The molecule has 21 heavy (non-hydrogen) atoms. The molecule has 0 fully saturated rings. The molecule has 0 spiro atoms. The van der Waals surface area contributed by atoms with Crippen LogP contribution in [0.4, 0.5) is 5.69 Å². The molecule has 2 rings (SSSR count). The molecule has 3 N–H and O–H groups in total. The zero-order valence-electron chi connectivity index (χ0n) is 12.3. The Morgan fingerprint density at radius 2 is 1.95 bits per heavy atom. The molecule has 1 atom stereocenters. The van der Waals surface area contributed by atoms with Crippen molar-refractivity contribution in [1.82, 2.24) is 5.32 Å². The van der Waals surface area contributed by atoms with Crippen LogP contribution in [-0.2, 0) is 0 Å². The van der Waals surface area contributed by atoms with Crippen LogP contribution in [0.15, 0.2) is 48.5 Å². The maximum absolute atomic E-state index is 12.2. The van der Waals surface area contributed by atoms with Gasteiger partial charge in [0.2, 0.25) is 0 Å². The lowest BCUT2D eigenvalue weighted by Crippen LogP contribution is -2.26. The van der Waals surface area contributed by atoms with E-state index in [-0.39, 0.29) is 11.9 Å². The molecule has 4 nitrogen and oxygen atoms in total. The number of hydrogen-bond acceptors (Lipinski definition) is 3. The number of ether oxygens (including phenoxy) is 1. The van der Waals surface area contributed by atoms with Gasteiger partial charge in [-0.05, 0) is 49.7 Å². The molecule has 2 aromatic carbocycles. The van der Waals surface area contributed by atoms with E-state index in [2.05, 4.69) is 5.32 Å². The van der Waals surface area contributed by atoms with E-state index in [0.29, 0.717) is 17.9 Å². The van der Waals surface area contributed by atoms with E-state index in [1.54, 1.807) is 24.3 Å². The van der Waals surface area contributed by atoms with Gasteiger partial charge in [0.1, 0.15) is 5.75 Å². The van der Waals surface area contributed by atoms with E-state index in [9.17, 15) is 4.79 Å². The van der Waals surface area contributed by atoms with E-state index < -0.39 is 0 Å². The molecular formula is C17H20N2O2. The molecule has 0 aliphatic heterocycles. The molecule has 2 aromatic rings. The van der Waals surface area contributed by atoms with Gasteiger partial charge in [0.15, 0.2) is 0 Å². The van der Waals surface area contributed by atoms with Crippen molar-refractivity contribution in [3.63, 3.8) is 0 Å². The van der Waals surface area contributed by atoms with Gasteiger partial charge < -0.3 is 15.8 Å². The lowest BCUT2D eigenvalue weighted by molar-refractivity contribution is 0.0940. The van der Waals surface area contributed by atoms with Crippen molar-refractivity contribution in [2.24, 2.45) is 0 Å². The highest BCUT2D eigenvalue weighted by Gasteiger charge is 2.11. The average molecular weight is 284 g/mol. The summed E-state index contributed by atoms with van der Waals surface area (Å²) in [7, 11) is 0. The van der Waals surface area contributed by atoms with Gasteiger partial charge in [0.05, 0.1) is 12.6 Å². The summed E-state index contributed by atoms with van der Waals surface area (Å²) >= 11 is 0.